The van der Waals surface area contributed by atoms with E-state index in [1.807, 2.05) is 25.1 Å². The number of carbonyl (C=O) groups is 2. The Labute approximate surface area is 101 Å². The molecular formula is C14H17NO2. The molecule has 0 fully saturated rings. The first-order chi connectivity index (χ1) is 8.19. The van der Waals surface area contributed by atoms with Gasteiger partial charge in [-0.25, -0.2) is 0 Å². The zero-order chi connectivity index (χ0) is 12.4. The third kappa shape index (κ3) is 1.97. The molecule has 0 spiro atoms. The van der Waals surface area contributed by atoms with Gasteiger partial charge in [-0.2, -0.15) is 0 Å². The summed E-state index contributed by atoms with van der Waals surface area (Å²) in [6.45, 7) is 4.75. The molecule has 1 amide bonds. The average Bonchev–Trinajstić information content (AvgIpc) is 2.60. The van der Waals surface area contributed by atoms with E-state index in [0.717, 1.165) is 30.5 Å². The number of aryl methyl sites for hydroxylation is 1. The van der Waals surface area contributed by atoms with E-state index in [2.05, 4.69) is 6.92 Å². The van der Waals surface area contributed by atoms with Crippen molar-refractivity contribution in [2.75, 3.05) is 11.4 Å². The number of benzene rings is 1. The summed E-state index contributed by atoms with van der Waals surface area (Å²) in [5, 5.41) is 0. The molecule has 0 saturated heterocycles. The fourth-order valence-electron chi connectivity index (χ4n) is 2.11. The van der Waals surface area contributed by atoms with Gasteiger partial charge in [0.05, 0.1) is 11.3 Å². The molecule has 1 aliphatic rings. The highest BCUT2D eigenvalue weighted by Gasteiger charge is 2.35. The van der Waals surface area contributed by atoms with Gasteiger partial charge in [0.15, 0.2) is 0 Å². The second-order valence-electron chi connectivity index (χ2n) is 4.34. The van der Waals surface area contributed by atoms with Crippen molar-refractivity contribution in [2.45, 2.75) is 33.1 Å². The Balaban J connectivity index is 2.36. The van der Waals surface area contributed by atoms with Crippen LogP contribution in [0, 0.1) is 0 Å². The molecule has 3 heteroatoms. The summed E-state index contributed by atoms with van der Waals surface area (Å²) in [6, 6.07) is 5.73. The van der Waals surface area contributed by atoms with Crippen molar-refractivity contribution in [1.82, 2.24) is 0 Å². The Morgan fingerprint density at radius 3 is 2.59 bits per heavy atom. The lowest BCUT2D eigenvalue weighted by molar-refractivity contribution is -0.114. The van der Waals surface area contributed by atoms with E-state index >= 15 is 0 Å². The van der Waals surface area contributed by atoms with Crippen LogP contribution in [0.4, 0.5) is 5.69 Å². The van der Waals surface area contributed by atoms with Gasteiger partial charge in [0.1, 0.15) is 0 Å². The second-order valence-corrected chi connectivity index (χ2v) is 4.34. The maximum atomic E-state index is 11.8. The molecule has 0 saturated carbocycles. The molecule has 3 nitrogen and oxygen atoms in total. The number of hydrogen-bond acceptors (Lipinski definition) is 2. The highest BCUT2D eigenvalue weighted by Crippen LogP contribution is 2.30. The monoisotopic (exact) mass is 231 g/mol. The summed E-state index contributed by atoms with van der Waals surface area (Å²) in [6.07, 6.45) is 2.82. The Hall–Kier alpha value is -1.64. The first kappa shape index (κ1) is 11.8. The summed E-state index contributed by atoms with van der Waals surface area (Å²) in [7, 11) is 0. The molecular weight excluding hydrogens is 214 g/mol. The summed E-state index contributed by atoms with van der Waals surface area (Å²) in [5.41, 5.74) is 2.46. The Kier molecular flexibility index (Phi) is 3.27. The molecule has 17 heavy (non-hydrogen) atoms. The average molecular weight is 231 g/mol. The van der Waals surface area contributed by atoms with Crippen LogP contribution >= 0.6 is 0 Å². The van der Waals surface area contributed by atoms with Gasteiger partial charge in [-0.15, -0.1) is 0 Å². The minimum atomic E-state index is -0.373. The number of unbranched alkanes of at least 4 members (excludes halogenated alkanes) is 1. The van der Waals surface area contributed by atoms with E-state index in [1.165, 1.54) is 0 Å². The molecule has 0 aromatic heterocycles. The van der Waals surface area contributed by atoms with Crippen LogP contribution < -0.4 is 4.90 Å². The van der Waals surface area contributed by atoms with E-state index in [-0.39, 0.29) is 11.7 Å². The van der Waals surface area contributed by atoms with Crippen LogP contribution in [0.25, 0.3) is 0 Å². The van der Waals surface area contributed by atoms with Gasteiger partial charge in [0, 0.05) is 6.54 Å². The number of nitrogens with zero attached hydrogens (tertiary/aromatic N) is 1. The van der Waals surface area contributed by atoms with Crippen molar-refractivity contribution in [2.24, 2.45) is 0 Å². The Morgan fingerprint density at radius 1 is 1.18 bits per heavy atom. The molecule has 0 bridgehead atoms. The van der Waals surface area contributed by atoms with Crippen LogP contribution in [0.2, 0.25) is 0 Å². The lowest BCUT2D eigenvalue weighted by Gasteiger charge is -2.15. The molecule has 0 aliphatic carbocycles. The minimum Gasteiger partial charge on any atom is -0.305 e. The molecule has 0 unspecified atom stereocenters. The summed E-state index contributed by atoms with van der Waals surface area (Å²) < 4.78 is 0. The van der Waals surface area contributed by atoms with Crippen molar-refractivity contribution in [1.29, 1.82) is 0 Å². The van der Waals surface area contributed by atoms with E-state index in [9.17, 15) is 9.59 Å². The van der Waals surface area contributed by atoms with Gasteiger partial charge in [-0.05, 0) is 30.5 Å². The SMILES string of the molecule is CCCCN1C(=O)C(=O)c2cc(CC)ccc21. The number of Topliss-reactive ketones (excluding diaryl/α,β-unsaturated/α-hetero) is 1. The maximum Gasteiger partial charge on any atom is 0.299 e. The fourth-order valence-corrected chi connectivity index (χ4v) is 2.11. The Bertz CT molecular complexity index is 465. The van der Waals surface area contributed by atoms with Crippen LogP contribution in [0.15, 0.2) is 18.2 Å². The normalized spacial score (nSPS) is 14.4. The lowest BCUT2D eigenvalue weighted by atomic mass is 10.1. The van der Waals surface area contributed by atoms with E-state index < -0.39 is 0 Å². The smallest absolute Gasteiger partial charge is 0.299 e. The molecule has 1 aromatic carbocycles. The van der Waals surface area contributed by atoms with E-state index in [0.29, 0.717) is 12.1 Å². The Morgan fingerprint density at radius 2 is 1.94 bits per heavy atom. The van der Waals surface area contributed by atoms with Crippen molar-refractivity contribution in [3.8, 4) is 0 Å². The largest absolute Gasteiger partial charge is 0.305 e. The van der Waals surface area contributed by atoms with Crippen LogP contribution in [0.3, 0.4) is 0 Å². The molecule has 0 atom stereocenters. The fraction of sp³-hybridized carbons (Fsp3) is 0.429. The highest BCUT2D eigenvalue weighted by molar-refractivity contribution is 6.52. The van der Waals surface area contributed by atoms with E-state index in [1.54, 1.807) is 4.90 Å². The quantitative estimate of drug-likeness (QED) is 0.747. The number of ketones is 1. The summed E-state index contributed by atoms with van der Waals surface area (Å²) >= 11 is 0. The second kappa shape index (κ2) is 4.70. The van der Waals surface area contributed by atoms with Crippen molar-refractivity contribution >= 4 is 17.4 Å². The van der Waals surface area contributed by atoms with Crippen LogP contribution in [-0.2, 0) is 11.2 Å². The number of anilines is 1. The van der Waals surface area contributed by atoms with Gasteiger partial charge in [-0.3, -0.25) is 9.59 Å². The molecule has 0 radical (unpaired) electrons. The van der Waals surface area contributed by atoms with Crippen LogP contribution in [-0.4, -0.2) is 18.2 Å². The van der Waals surface area contributed by atoms with Gasteiger partial charge in [-0.1, -0.05) is 26.3 Å². The molecule has 1 heterocycles. The summed E-state index contributed by atoms with van der Waals surface area (Å²) in [4.78, 5) is 25.3. The van der Waals surface area contributed by atoms with Crippen molar-refractivity contribution < 1.29 is 9.59 Å². The molecule has 1 aromatic rings. The van der Waals surface area contributed by atoms with Gasteiger partial charge >= 0.3 is 0 Å². The first-order valence-corrected chi connectivity index (χ1v) is 6.18. The lowest BCUT2D eigenvalue weighted by Crippen LogP contribution is -2.30. The van der Waals surface area contributed by atoms with Gasteiger partial charge < -0.3 is 4.90 Å². The number of amides is 1. The zero-order valence-corrected chi connectivity index (χ0v) is 10.3. The number of hydrogen-bond donors (Lipinski definition) is 0. The predicted molar refractivity (Wildman–Crippen MR) is 67.4 cm³/mol. The van der Waals surface area contributed by atoms with Gasteiger partial charge in [0.2, 0.25) is 0 Å². The van der Waals surface area contributed by atoms with Crippen molar-refractivity contribution in [3.63, 3.8) is 0 Å². The van der Waals surface area contributed by atoms with Crippen LogP contribution in [0.5, 0.6) is 0 Å². The third-order valence-electron chi connectivity index (χ3n) is 3.18. The number of rotatable bonds is 4. The van der Waals surface area contributed by atoms with E-state index in [4.69, 9.17) is 0 Å². The third-order valence-corrected chi connectivity index (χ3v) is 3.18. The van der Waals surface area contributed by atoms with Crippen molar-refractivity contribution in [3.05, 3.63) is 29.3 Å². The molecule has 1 aliphatic heterocycles. The first-order valence-electron chi connectivity index (χ1n) is 6.18. The van der Waals surface area contributed by atoms with Gasteiger partial charge in [0.25, 0.3) is 11.7 Å². The number of fused-ring (bicyclic) bond motifs is 1. The topological polar surface area (TPSA) is 37.4 Å². The maximum absolute atomic E-state index is 11.8. The zero-order valence-electron chi connectivity index (χ0n) is 10.3. The standard InChI is InChI=1S/C14H17NO2/c1-3-5-8-15-12-7-6-10(4-2)9-11(12)13(16)14(15)17/h6-7,9H,3-5,8H2,1-2H3. The minimum absolute atomic E-state index is 0.355. The highest BCUT2D eigenvalue weighted by atomic mass is 16.2. The molecule has 2 rings (SSSR count). The molecule has 0 N–H and O–H groups in total. The summed E-state index contributed by atoms with van der Waals surface area (Å²) in [5.74, 6) is -0.729. The number of carbonyl (C=O) groups excluding carboxylic acids is 2. The predicted octanol–water partition coefficient (Wildman–Crippen LogP) is 2.58. The van der Waals surface area contributed by atoms with Crippen LogP contribution in [0.1, 0.15) is 42.6 Å². The molecule has 90 valence electrons.